The van der Waals surface area contributed by atoms with Crippen LogP contribution in [0.4, 0.5) is 0 Å². The van der Waals surface area contributed by atoms with Gasteiger partial charge in [0.25, 0.3) is 5.56 Å². The summed E-state index contributed by atoms with van der Waals surface area (Å²) in [5.41, 5.74) is 1.96. The Kier molecular flexibility index (Phi) is 6.24. The predicted molar refractivity (Wildman–Crippen MR) is 134 cm³/mol. The van der Waals surface area contributed by atoms with Crippen LogP contribution in [0.15, 0.2) is 61.9 Å². The maximum Gasteiger partial charge on any atom is 0.338 e. The molecule has 0 radical (unpaired) electrons. The normalized spacial score (nSPS) is 16.7. The summed E-state index contributed by atoms with van der Waals surface area (Å²) in [6.07, 6.45) is 1.78. The molecule has 5 rings (SSSR count). The number of esters is 1. The lowest BCUT2D eigenvalue weighted by Crippen LogP contribution is -2.40. The summed E-state index contributed by atoms with van der Waals surface area (Å²) in [6.45, 7) is 3.85. The molecule has 3 heterocycles. The molecule has 2 aliphatic rings. The molecule has 10 heteroatoms. The smallest absolute Gasteiger partial charge is 0.338 e. The highest BCUT2D eigenvalue weighted by molar-refractivity contribution is 9.10. The van der Waals surface area contributed by atoms with Crippen LogP contribution in [-0.4, -0.2) is 31.0 Å². The van der Waals surface area contributed by atoms with Crippen molar-refractivity contribution < 1.29 is 23.7 Å². The van der Waals surface area contributed by atoms with Crippen molar-refractivity contribution in [2.24, 2.45) is 4.99 Å². The number of hydrogen-bond donors (Lipinski definition) is 0. The van der Waals surface area contributed by atoms with Gasteiger partial charge in [0.1, 0.15) is 11.8 Å². The van der Waals surface area contributed by atoms with Crippen LogP contribution >= 0.6 is 27.3 Å². The van der Waals surface area contributed by atoms with Crippen LogP contribution in [0, 0.1) is 0 Å². The van der Waals surface area contributed by atoms with E-state index in [0.29, 0.717) is 43.4 Å². The van der Waals surface area contributed by atoms with E-state index in [2.05, 4.69) is 20.9 Å². The van der Waals surface area contributed by atoms with E-state index in [-0.39, 0.29) is 19.0 Å². The number of allylic oxidation sites excluding steroid dienone is 1. The minimum Gasteiger partial charge on any atom is -0.496 e. The summed E-state index contributed by atoms with van der Waals surface area (Å²) in [4.78, 5) is 31.9. The molecule has 0 saturated carbocycles. The van der Waals surface area contributed by atoms with Crippen LogP contribution < -0.4 is 29.1 Å². The Labute approximate surface area is 212 Å². The number of halogens is 1. The molecule has 0 fully saturated rings. The molecule has 0 saturated heterocycles. The van der Waals surface area contributed by atoms with Gasteiger partial charge >= 0.3 is 5.97 Å². The number of para-hydroxylation sites is 1. The number of aromatic nitrogens is 1. The highest BCUT2D eigenvalue weighted by atomic mass is 79.9. The van der Waals surface area contributed by atoms with Gasteiger partial charge in [0, 0.05) is 10.0 Å². The molecule has 8 nitrogen and oxygen atoms in total. The second-order valence-electron chi connectivity index (χ2n) is 7.77. The van der Waals surface area contributed by atoms with Gasteiger partial charge in [-0.1, -0.05) is 45.5 Å². The molecule has 0 aliphatic carbocycles. The number of nitrogens with zero attached hydrogens (tertiary/aromatic N) is 2. The average Bonchev–Trinajstić information content (AvgIpc) is 3.42. The lowest BCUT2D eigenvalue weighted by molar-refractivity contribution is -0.139. The van der Waals surface area contributed by atoms with Gasteiger partial charge in [-0.2, -0.15) is 0 Å². The molecule has 1 aromatic heterocycles. The first-order valence-electron chi connectivity index (χ1n) is 10.8. The van der Waals surface area contributed by atoms with Gasteiger partial charge < -0.3 is 18.9 Å². The minimum absolute atomic E-state index is 0.155. The van der Waals surface area contributed by atoms with E-state index in [0.717, 1.165) is 10.0 Å². The van der Waals surface area contributed by atoms with Crippen molar-refractivity contribution in [3.8, 4) is 17.2 Å². The fraction of sp³-hybridized carbons (Fsp3) is 0.240. The molecule has 0 spiro atoms. The molecule has 2 aromatic carbocycles. The summed E-state index contributed by atoms with van der Waals surface area (Å²) in [5.74, 6) is 1.29. The van der Waals surface area contributed by atoms with Crippen LogP contribution in [0.1, 0.15) is 31.0 Å². The fourth-order valence-corrected chi connectivity index (χ4v) is 5.64. The number of hydrogen-bond acceptors (Lipinski definition) is 8. The van der Waals surface area contributed by atoms with Crippen molar-refractivity contribution >= 4 is 39.3 Å². The Hall–Kier alpha value is -3.37. The second kappa shape index (κ2) is 9.35. The van der Waals surface area contributed by atoms with Crippen molar-refractivity contribution in [3.63, 3.8) is 0 Å². The van der Waals surface area contributed by atoms with Gasteiger partial charge in [0.05, 0.1) is 29.5 Å². The Bertz CT molecular complexity index is 1550. The summed E-state index contributed by atoms with van der Waals surface area (Å²) >= 11 is 4.80. The summed E-state index contributed by atoms with van der Waals surface area (Å²) < 4.78 is 24.6. The van der Waals surface area contributed by atoms with Gasteiger partial charge in [-0.15, -0.1) is 0 Å². The minimum atomic E-state index is -0.746. The second-order valence-corrected chi connectivity index (χ2v) is 9.63. The maximum atomic E-state index is 13.8. The molecule has 180 valence electrons. The van der Waals surface area contributed by atoms with Gasteiger partial charge in [-0.25, -0.2) is 9.79 Å². The average molecular weight is 557 g/mol. The van der Waals surface area contributed by atoms with E-state index in [1.165, 1.54) is 15.9 Å². The fourth-order valence-electron chi connectivity index (χ4n) is 4.16. The Morgan fingerprint density at radius 3 is 2.77 bits per heavy atom. The number of rotatable bonds is 5. The zero-order valence-electron chi connectivity index (χ0n) is 19.2. The summed E-state index contributed by atoms with van der Waals surface area (Å²) in [7, 11) is 1.56. The Morgan fingerprint density at radius 2 is 2.03 bits per heavy atom. The quantitative estimate of drug-likeness (QED) is 0.448. The van der Waals surface area contributed by atoms with Crippen molar-refractivity contribution in [2.75, 3.05) is 20.5 Å². The monoisotopic (exact) mass is 556 g/mol. The van der Waals surface area contributed by atoms with Crippen LogP contribution in [0.3, 0.4) is 0 Å². The maximum absolute atomic E-state index is 13.8. The van der Waals surface area contributed by atoms with Gasteiger partial charge in [0.2, 0.25) is 6.79 Å². The van der Waals surface area contributed by atoms with Gasteiger partial charge in [-0.05, 0) is 43.7 Å². The highest BCUT2D eigenvalue weighted by Gasteiger charge is 2.35. The number of thiazole rings is 1. The first-order chi connectivity index (χ1) is 16.9. The third-order valence-corrected chi connectivity index (χ3v) is 7.40. The summed E-state index contributed by atoms with van der Waals surface area (Å²) in [6, 6.07) is 10.2. The molecule has 0 amide bonds. The van der Waals surface area contributed by atoms with Crippen LogP contribution in [0.5, 0.6) is 17.2 Å². The number of methoxy groups -OCH3 is 1. The number of carbonyl (C=O) groups excluding carboxylic acids is 1. The molecule has 1 atom stereocenters. The molecule has 0 N–H and O–H groups in total. The molecule has 0 bridgehead atoms. The zero-order chi connectivity index (χ0) is 24.7. The molecular formula is C25H21BrN2O6S. The Morgan fingerprint density at radius 1 is 1.29 bits per heavy atom. The third kappa shape index (κ3) is 4.06. The van der Waals surface area contributed by atoms with Crippen molar-refractivity contribution in [2.45, 2.75) is 19.9 Å². The van der Waals surface area contributed by atoms with E-state index in [1.54, 1.807) is 33.1 Å². The third-order valence-electron chi connectivity index (χ3n) is 5.73. The molecule has 0 unspecified atom stereocenters. The number of fused-ring (bicyclic) bond motifs is 2. The summed E-state index contributed by atoms with van der Waals surface area (Å²) in [5, 5.41) is 0. The molecule has 35 heavy (non-hydrogen) atoms. The lowest BCUT2D eigenvalue weighted by atomic mass is 9.95. The van der Waals surface area contributed by atoms with E-state index in [9.17, 15) is 9.59 Å². The van der Waals surface area contributed by atoms with Crippen molar-refractivity contribution in [1.29, 1.82) is 0 Å². The topological polar surface area (TPSA) is 88.4 Å². The Balaban J connectivity index is 1.74. The van der Waals surface area contributed by atoms with Crippen LogP contribution in [-0.2, 0) is 9.53 Å². The lowest BCUT2D eigenvalue weighted by Gasteiger charge is -2.25. The largest absolute Gasteiger partial charge is 0.496 e. The van der Waals surface area contributed by atoms with E-state index in [1.807, 2.05) is 30.3 Å². The van der Waals surface area contributed by atoms with E-state index in [4.69, 9.17) is 18.9 Å². The highest BCUT2D eigenvalue weighted by Crippen LogP contribution is 2.38. The van der Waals surface area contributed by atoms with E-state index >= 15 is 0 Å². The molecule has 3 aromatic rings. The van der Waals surface area contributed by atoms with Crippen LogP contribution in [0.2, 0.25) is 0 Å². The standard InChI is InChI=1S/C25H21BrN2O6S/c1-4-32-24(30)21-13(2)27-25-28(22(21)15-7-5-6-8-17(15)31-3)23(29)20(35-25)10-14-9-18-19(11-16(14)26)34-12-33-18/h5-11,22H,4,12H2,1-3H3/b20-10+/t22-/m0/s1. The zero-order valence-corrected chi connectivity index (χ0v) is 21.6. The number of ether oxygens (including phenoxy) is 4. The van der Waals surface area contributed by atoms with Crippen LogP contribution in [0.25, 0.3) is 6.08 Å². The van der Waals surface area contributed by atoms with Crippen molar-refractivity contribution in [1.82, 2.24) is 4.57 Å². The first-order valence-corrected chi connectivity index (χ1v) is 12.5. The molecular weight excluding hydrogens is 536 g/mol. The first kappa shape index (κ1) is 23.4. The number of carbonyl (C=O) groups is 1. The van der Waals surface area contributed by atoms with Gasteiger partial charge in [-0.3, -0.25) is 9.36 Å². The molecule has 2 aliphatic heterocycles. The van der Waals surface area contributed by atoms with Gasteiger partial charge in [0.15, 0.2) is 16.3 Å². The van der Waals surface area contributed by atoms with Crippen molar-refractivity contribution in [3.05, 3.63) is 83.0 Å². The van der Waals surface area contributed by atoms with E-state index < -0.39 is 12.0 Å². The predicted octanol–water partition coefficient (Wildman–Crippen LogP) is 3.30. The SMILES string of the molecule is CCOC(=O)C1=C(C)N=c2s/c(=C/c3cc4c(cc3Br)OCO4)c(=O)n2[C@H]1c1ccccc1OC. The number of benzene rings is 2.